The molecule has 0 aromatic heterocycles. The SMILES string of the molecule is O=C(Nc1ccccc1)Nc1ccc(C(=O)NCC#Cc2ccccc2)cc1. The number of carbonyl (C=O) groups excluding carboxylic acids is 2. The van der Waals surface area contributed by atoms with Gasteiger partial charge in [0.25, 0.3) is 5.91 Å². The molecule has 0 fully saturated rings. The number of para-hydroxylation sites is 1. The van der Waals surface area contributed by atoms with E-state index in [2.05, 4.69) is 27.8 Å². The molecule has 5 nitrogen and oxygen atoms in total. The summed E-state index contributed by atoms with van der Waals surface area (Å²) in [5.41, 5.74) is 2.69. The predicted octanol–water partition coefficient (Wildman–Crippen LogP) is 4.11. The van der Waals surface area contributed by atoms with E-state index < -0.39 is 0 Å². The summed E-state index contributed by atoms with van der Waals surface area (Å²) < 4.78 is 0. The van der Waals surface area contributed by atoms with Crippen LogP contribution in [0.5, 0.6) is 0 Å². The molecule has 0 saturated heterocycles. The zero-order valence-corrected chi connectivity index (χ0v) is 15.1. The zero-order chi connectivity index (χ0) is 19.6. The Morgan fingerprint density at radius 3 is 1.93 bits per heavy atom. The lowest BCUT2D eigenvalue weighted by atomic mass is 10.2. The highest BCUT2D eigenvalue weighted by atomic mass is 16.2. The molecule has 0 bridgehead atoms. The maximum Gasteiger partial charge on any atom is 0.323 e. The van der Waals surface area contributed by atoms with Gasteiger partial charge >= 0.3 is 6.03 Å². The molecule has 138 valence electrons. The normalized spacial score (nSPS) is 9.57. The Morgan fingerprint density at radius 2 is 1.29 bits per heavy atom. The van der Waals surface area contributed by atoms with Crippen molar-refractivity contribution in [2.45, 2.75) is 0 Å². The third kappa shape index (κ3) is 5.75. The van der Waals surface area contributed by atoms with Crippen molar-refractivity contribution in [3.63, 3.8) is 0 Å². The number of nitrogens with one attached hydrogen (secondary N) is 3. The molecule has 3 N–H and O–H groups in total. The summed E-state index contributed by atoms with van der Waals surface area (Å²) in [4.78, 5) is 24.1. The summed E-state index contributed by atoms with van der Waals surface area (Å²) in [7, 11) is 0. The van der Waals surface area contributed by atoms with Crippen molar-refractivity contribution in [1.82, 2.24) is 5.32 Å². The minimum absolute atomic E-state index is 0.220. The number of benzene rings is 3. The molecule has 3 rings (SSSR count). The fourth-order valence-corrected chi connectivity index (χ4v) is 2.41. The number of amides is 3. The minimum atomic E-state index is -0.348. The average molecular weight is 369 g/mol. The summed E-state index contributed by atoms with van der Waals surface area (Å²) in [5.74, 6) is 5.68. The van der Waals surface area contributed by atoms with E-state index in [1.54, 1.807) is 36.4 Å². The van der Waals surface area contributed by atoms with Crippen molar-refractivity contribution in [2.24, 2.45) is 0 Å². The van der Waals surface area contributed by atoms with E-state index in [0.717, 1.165) is 5.56 Å². The number of hydrogen-bond acceptors (Lipinski definition) is 2. The van der Waals surface area contributed by atoms with Crippen LogP contribution in [-0.2, 0) is 0 Å². The van der Waals surface area contributed by atoms with Crippen LogP contribution in [0, 0.1) is 11.8 Å². The average Bonchev–Trinajstić information content (AvgIpc) is 2.73. The predicted molar refractivity (Wildman–Crippen MR) is 111 cm³/mol. The van der Waals surface area contributed by atoms with Gasteiger partial charge in [-0.25, -0.2) is 4.79 Å². The largest absolute Gasteiger partial charge is 0.341 e. The van der Waals surface area contributed by atoms with E-state index in [9.17, 15) is 9.59 Å². The van der Waals surface area contributed by atoms with Gasteiger partial charge in [0.05, 0.1) is 6.54 Å². The summed E-state index contributed by atoms with van der Waals surface area (Å²) in [6.07, 6.45) is 0. The Bertz CT molecular complexity index is 989. The van der Waals surface area contributed by atoms with Gasteiger partial charge in [0, 0.05) is 22.5 Å². The Kier molecular flexibility index (Phi) is 6.43. The fraction of sp³-hybridized carbons (Fsp3) is 0.0435. The third-order valence-electron chi connectivity index (χ3n) is 3.78. The van der Waals surface area contributed by atoms with E-state index >= 15 is 0 Å². The second-order valence-electron chi connectivity index (χ2n) is 5.87. The first-order valence-electron chi connectivity index (χ1n) is 8.76. The lowest BCUT2D eigenvalue weighted by Crippen LogP contribution is -2.23. The molecule has 0 spiro atoms. The van der Waals surface area contributed by atoms with Gasteiger partial charge in [0.1, 0.15) is 0 Å². The second-order valence-corrected chi connectivity index (χ2v) is 5.87. The molecular formula is C23H19N3O2. The van der Waals surface area contributed by atoms with Crippen LogP contribution in [-0.4, -0.2) is 18.5 Å². The molecule has 0 atom stereocenters. The summed E-state index contributed by atoms with van der Waals surface area (Å²) >= 11 is 0. The maximum absolute atomic E-state index is 12.2. The Morgan fingerprint density at radius 1 is 0.714 bits per heavy atom. The smallest absolute Gasteiger partial charge is 0.323 e. The number of urea groups is 1. The second kappa shape index (κ2) is 9.60. The highest BCUT2D eigenvalue weighted by Crippen LogP contribution is 2.11. The van der Waals surface area contributed by atoms with Crippen molar-refractivity contribution in [1.29, 1.82) is 0 Å². The van der Waals surface area contributed by atoms with Crippen molar-refractivity contribution in [3.8, 4) is 11.8 Å². The van der Waals surface area contributed by atoms with Gasteiger partial charge in [-0.1, -0.05) is 48.2 Å². The standard InChI is InChI=1S/C23H19N3O2/c27-22(24-17-7-10-18-8-3-1-4-9-18)19-13-15-21(16-14-19)26-23(28)25-20-11-5-2-6-12-20/h1-6,8-9,11-16H,17H2,(H,24,27)(H2,25,26,28). The molecule has 3 aromatic rings. The quantitative estimate of drug-likeness (QED) is 0.606. The number of hydrogen-bond donors (Lipinski definition) is 3. The van der Waals surface area contributed by atoms with Gasteiger partial charge in [-0.05, 0) is 48.5 Å². The topological polar surface area (TPSA) is 70.2 Å². The van der Waals surface area contributed by atoms with Crippen LogP contribution in [0.15, 0.2) is 84.9 Å². The lowest BCUT2D eigenvalue weighted by Gasteiger charge is -2.08. The van der Waals surface area contributed by atoms with Crippen molar-refractivity contribution in [2.75, 3.05) is 17.2 Å². The van der Waals surface area contributed by atoms with Gasteiger partial charge < -0.3 is 16.0 Å². The maximum atomic E-state index is 12.2. The Balaban J connectivity index is 1.48. The van der Waals surface area contributed by atoms with Gasteiger partial charge in [0.15, 0.2) is 0 Å². The van der Waals surface area contributed by atoms with E-state index in [0.29, 0.717) is 16.9 Å². The molecule has 0 aliphatic carbocycles. The van der Waals surface area contributed by atoms with Crippen LogP contribution < -0.4 is 16.0 Å². The van der Waals surface area contributed by atoms with Gasteiger partial charge in [-0.3, -0.25) is 4.79 Å². The number of anilines is 2. The van der Waals surface area contributed by atoms with Crippen molar-refractivity contribution >= 4 is 23.3 Å². The van der Waals surface area contributed by atoms with Crippen molar-refractivity contribution < 1.29 is 9.59 Å². The van der Waals surface area contributed by atoms with E-state index in [1.807, 2.05) is 48.5 Å². The van der Waals surface area contributed by atoms with Gasteiger partial charge in [0.2, 0.25) is 0 Å². The molecule has 0 radical (unpaired) electrons. The van der Waals surface area contributed by atoms with E-state index in [-0.39, 0.29) is 18.5 Å². The van der Waals surface area contributed by atoms with Crippen LogP contribution in [0.2, 0.25) is 0 Å². The first-order valence-corrected chi connectivity index (χ1v) is 8.76. The van der Waals surface area contributed by atoms with E-state index in [1.165, 1.54) is 0 Å². The van der Waals surface area contributed by atoms with Gasteiger partial charge in [-0.2, -0.15) is 0 Å². The van der Waals surface area contributed by atoms with Crippen molar-refractivity contribution in [3.05, 3.63) is 96.1 Å². The van der Waals surface area contributed by atoms with Crippen LogP contribution in [0.4, 0.5) is 16.2 Å². The van der Waals surface area contributed by atoms with Gasteiger partial charge in [-0.15, -0.1) is 0 Å². The molecule has 5 heteroatoms. The Hall–Kier alpha value is -4.04. The highest BCUT2D eigenvalue weighted by Gasteiger charge is 2.06. The van der Waals surface area contributed by atoms with Crippen LogP contribution in [0.1, 0.15) is 15.9 Å². The zero-order valence-electron chi connectivity index (χ0n) is 15.1. The fourth-order valence-electron chi connectivity index (χ4n) is 2.41. The first-order chi connectivity index (χ1) is 13.7. The van der Waals surface area contributed by atoms with Crippen LogP contribution >= 0.6 is 0 Å². The third-order valence-corrected chi connectivity index (χ3v) is 3.78. The molecule has 28 heavy (non-hydrogen) atoms. The van der Waals surface area contributed by atoms with E-state index in [4.69, 9.17) is 0 Å². The molecule has 0 heterocycles. The molecule has 0 saturated carbocycles. The molecule has 0 aliphatic rings. The van der Waals surface area contributed by atoms with Crippen LogP contribution in [0.3, 0.4) is 0 Å². The number of carbonyl (C=O) groups is 2. The molecule has 3 amide bonds. The summed E-state index contributed by atoms with van der Waals surface area (Å²) in [6.45, 7) is 0.257. The minimum Gasteiger partial charge on any atom is -0.341 e. The summed E-state index contributed by atoms with van der Waals surface area (Å²) in [5, 5.41) is 8.20. The lowest BCUT2D eigenvalue weighted by molar-refractivity contribution is 0.0958. The number of rotatable bonds is 4. The molecule has 0 aliphatic heterocycles. The molecule has 0 unspecified atom stereocenters. The Labute approximate surface area is 163 Å². The molecular weight excluding hydrogens is 350 g/mol. The first kappa shape index (κ1) is 18.7. The highest BCUT2D eigenvalue weighted by molar-refractivity contribution is 6.00. The molecule has 3 aromatic carbocycles. The monoisotopic (exact) mass is 369 g/mol. The summed E-state index contributed by atoms with van der Waals surface area (Å²) in [6, 6.07) is 25.0. The van der Waals surface area contributed by atoms with Crippen LogP contribution in [0.25, 0.3) is 0 Å².